The molecule has 1 fully saturated rings. The molecule has 4 nitrogen and oxygen atoms in total. The summed E-state index contributed by atoms with van der Waals surface area (Å²) in [7, 11) is 0. The number of nitrogens with zero attached hydrogens (tertiary/aromatic N) is 1. The van der Waals surface area contributed by atoms with Crippen molar-refractivity contribution in [3.63, 3.8) is 0 Å². The van der Waals surface area contributed by atoms with Gasteiger partial charge in [0, 0.05) is 12.6 Å². The number of benzene rings is 1. The molecule has 1 saturated heterocycles. The van der Waals surface area contributed by atoms with Crippen LogP contribution in [0.3, 0.4) is 0 Å². The molecule has 1 aromatic carbocycles. The zero-order chi connectivity index (χ0) is 13.3. The van der Waals surface area contributed by atoms with Crippen LogP contribution in [0.4, 0.5) is 5.95 Å². The van der Waals surface area contributed by atoms with Gasteiger partial charge in [0.25, 0.3) is 0 Å². The van der Waals surface area contributed by atoms with Crippen molar-refractivity contribution >= 4 is 17.0 Å². The van der Waals surface area contributed by atoms with Crippen LogP contribution in [0.5, 0.6) is 0 Å². The van der Waals surface area contributed by atoms with Gasteiger partial charge in [0.1, 0.15) is 0 Å². The van der Waals surface area contributed by atoms with Gasteiger partial charge in [-0.15, -0.1) is 0 Å². The predicted molar refractivity (Wildman–Crippen MR) is 79.4 cm³/mol. The van der Waals surface area contributed by atoms with Crippen molar-refractivity contribution in [1.29, 1.82) is 0 Å². The molecule has 0 aliphatic carbocycles. The molecule has 2 heterocycles. The number of anilines is 1. The Morgan fingerprint density at radius 2 is 2.21 bits per heavy atom. The van der Waals surface area contributed by atoms with E-state index in [-0.39, 0.29) is 0 Å². The van der Waals surface area contributed by atoms with E-state index in [0.29, 0.717) is 11.5 Å². The number of hydrogen-bond acceptors (Lipinski definition) is 3. The van der Waals surface area contributed by atoms with Gasteiger partial charge in [0.15, 0.2) is 0 Å². The van der Waals surface area contributed by atoms with Crippen molar-refractivity contribution < 1.29 is 0 Å². The Morgan fingerprint density at radius 1 is 1.37 bits per heavy atom. The fourth-order valence-electron chi connectivity index (χ4n) is 2.85. The van der Waals surface area contributed by atoms with E-state index in [1.54, 1.807) is 0 Å². The summed E-state index contributed by atoms with van der Waals surface area (Å²) in [6, 6.07) is 8.61. The predicted octanol–water partition coefficient (Wildman–Crippen LogP) is 2.75. The third kappa shape index (κ3) is 2.59. The van der Waals surface area contributed by atoms with E-state index >= 15 is 0 Å². The van der Waals surface area contributed by atoms with E-state index in [1.165, 1.54) is 12.8 Å². The first-order chi connectivity index (χ1) is 9.15. The van der Waals surface area contributed by atoms with Crippen LogP contribution < -0.4 is 10.6 Å². The van der Waals surface area contributed by atoms with Gasteiger partial charge < -0.3 is 15.6 Å². The average molecular weight is 258 g/mol. The number of nitrogens with one attached hydrogen (secondary N) is 3. The summed E-state index contributed by atoms with van der Waals surface area (Å²) in [6.45, 7) is 6.71. The van der Waals surface area contributed by atoms with E-state index in [1.807, 2.05) is 18.2 Å². The molecule has 1 aliphatic heterocycles. The van der Waals surface area contributed by atoms with E-state index < -0.39 is 0 Å². The maximum absolute atomic E-state index is 4.55. The lowest BCUT2D eigenvalue weighted by Crippen LogP contribution is -2.50. The Bertz CT molecular complexity index is 525. The van der Waals surface area contributed by atoms with E-state index in [4.69, 9.17) is 0 Å². The van der Waals surface area contributed by atoms with Crippen LogP contribution in [0.2, 0.25) is 0 Å². The molecule has 1 aliphatic rings. The molecule has 1 atom stereocenters. The minimum absolute atomic E-state index is 0.345. The number of rotatable bonds is 3. The minimum atomic E-state index is 0.345. The molecular formula is C15H22N4. The maximum Gasteiger partial charge on any atom is 0.201 e. The summed E-state index contributed by atoms with van der Waals surface area (Å²) in [5, 5.41) is 7.04. The monoisotopic (exact) mass is 258 g/mol. The van der Waals surface area contributed by atoms with Crippen LogP contribution in [0, 0.1) is 5.41 Å². The molecular weight excluding hydrogens is 236 g/mol. The summed E-state index contributed by atoms with van der Waals surface area (Å²) >= 11 is 0. The van der Waals surface area contributed by atoms with Gasteiger partial charge in [-0.1, -0.05) is 26.0 Å². The number of aromatic amines is 1. The van der Waals surface area contributed by atoms with Crippen LogP contribution in [0.15, 0.2) is 24.3 Å². The molecule has 19 heavy (non-hydrogen) atoms. The third-order valence-corrected chi connectivity index (χ3v) is 4.19. The molecule has 102 valence electrons. The van der Waals surface area contributed by atoms with Crippen LogP contribution >= 0.6 is 0 Å². The SMILES string of the molecule is CC1(C)CCCNC1CNc1nc2ccccc2[nH]1. The Morgan fingerprint density at radius 3 is 3.00 bits per heavy atom. The lowest BCUT2D eigenvalue weighted by atomic mass is 9.77. The number of fused-ring (bicyclic) bond motifs is 1. The average Bonchev–Trinajstić information content (AvgIpc) is 2.79. The van der Waals surface area contributed by atoms with Crippen LogP contribution in [0.25, 0.3) is 11.0 Å². The Balaban J connectivity index is 1.68. The molecule has 0 spiro atoms. The third-order valence-electron chi connectivity index (χ3n) is 4.19. The van der Waals surface area contributed by atoms with Crippen LogP contribution in [0.1, 0.15) is 26.7 Å². The summed E-state index contributed by atoms with van der Waals surface area (Å²) < 4.78 is 0. The summed E-state index contributed by atoms with van der Waals surface area (Å²) in [5.74, 6) is 0.865. The minimum Gasteiger partial charge on any atom is -0.354 e. The van der Waals surface area contributed by atoms with Gasteiger partial charge in [0.05, 0.1) is 11.0 Å². The number of H-pyrrole nitrogens is 1. The standard InChI is InChI=1S/C15H22N4/c1-15(2)8-5-9-16-13(15)10-17-14-18-11-6-3-4-7-12(11)19-14/h3-4,6-7,13,16H,5,8-10H2,1-2H3,(H2,17,18,19). The first-order valence-electron chi connectivity index (χ1n) is 7.07. The van der Waals surface area contributed by atoms with Crippen molar-refractivity contribution in [2.24, 2.45) is 5.41 Å². The summed E-state index contributed by atoms with van der Waals surface area (Å²) in [6.07, 6.45) is 2.56. The Labute approximate surface area is 114 Å². The van der Waals surface area contributed by atoms with Gasteiger partial charge in [-0.3, -0.25) is 0 Å². The van der Waals surface area contributed by atoms with Crippen molar-refractivity contribution in [2.75, 3.05) is 18.4 Å². The van der Waals surface area contributed by atoms with Crippen molar-refractivity contribution in [1.82, 2.24) is 15.3 Å². The lowest BCUT2D eigenvalue weighted by molar-refractivity contribution is 0.188. The Hall–Kier alpha value is -1.55. The molecule has 0 radical (unpaired) electrons. The number of piperidine rings is 1. The highest BCUT2D eigenvalue weighted by Gasteiger charge is 2.31. The molecule has 2 aromatic rings. The number of hydrogen-bond donors (Lipinski definition) is 3. The summed E-state index contributed by atoms with van der Waals surface area (Å²) in [4.78, 5) is 7.86. The first kappa shape index (κ1) is 12.5. The van der Waals surface area contributed by atoms with E-state index in [2.05, 4.69) is 40.5 Å². The lowest BCUT2D eigenvalue weighted by Gasteiger charge is -2.39. The van der Waals surface area contributed by atoms with E-state index in [0.717, 1.165) is 30.1 Å². The fraction of sp³-hybridized carbons (Fsp3) is 0.533. The highest BCUT2D eigenvalue weighted by Crippen LogP contribution is 2.30. The van der Waals surface area contributed by atoms with Gasteiger partial charge in [-0.25, -0.2) is 4.98 Å². The summed E-state index contributed by atoms with van der Waals surface area (Å²) in [5.41, 5.74) is 2.44. The number of para-hydroxylation sites is 2. The normalized spacial score (nSPS) is 22.5. The molecule has 0 amide bonds. The van der Waals surface area contributed by atoms with Crippen molar-refractivity contribution in [2.45, 2.75) is 32.7 Å². The molecule has 3 rings (SSSR count). The molecule has 0 bridgehead atoms. The van der Waals surface area contributed by atoms with Crippen molar-refractivity contribution in [3.8, 4) is 0 Å². The largest absolute Gasteiger partial charge is 0.354 e. The Kier molecular flexibility index (Phi) is 3.19. The highest BCUT2D eigenvalue weighted by atomic mass is 15.1. The van der Waals surface area contributed by atoms with Gasteiger partial charge in [0.2, 0.25) is 5.95 Å². The smallest absolute Gasteiger partial charge is 0.201 e. The second-order valence-corrected chi connectivity index (χ2v) is 6.08. The highest BCUT2D eigenvalue weighted by molar-refractivity contribution is 5.77. The quantitative estimate of drug-likeness (QED) is 0.793. The zero-order valence-electron chi connectivity index (χ0n) is 11.7. The topological polar surface area (TPSA) is 52.7 Å². The fourth-order valence-corrected chi connectivity index (χ4v) is 2.85. The van der Waals surface area contributed by atoms with Gasteiger partial charge >= 0.3 is 0 Å². The van der Waals surface area contributed by atoms with Crippen molar-refractivity contribution in [3.05, 3.63) is 24.3 Å². The molecule has 1 aromatic heterocycles. The molecule has 3 N–H and O–H groups in total. The number of imidazole rings is 1. The van der Waals surface area contributed by atoms with Gasteiger partial charge in [-0.2, -0.15) is 0 Å². The maximum atomic E-state index is 4.55. The van der Waals surface area contributed by atoms with Gasteiger partial charge in [-0.05, 0) is 36.9 Å². The number of aromatic nitrogens is 2. The van der Waals surface area contributed by atoms with E-state index in [9.17, 15) is 0 Å². The first-order valence-corrected chi connectivity index (χ1v) is 7.07. The molecule has 1 unspecified atom stereocenters. The second kappa shape index (κ2) is 4.85. The second-order valence-electron chi connectivity index (χ2n) is 6.08. The van der Waals surface area contributed by atoms with Crippen LogP contribution in [-0.4, -0.2) is 29.1 Å². The van der Waals surface area contributed by atoms with Crippen LogP contribution in [-0.2, 0) is 0 Å². The zero-order valence-corrected chi connectivity index (χ0v) is 11.7. The molecule has 4 heteroatoms. The molecule has 0 saturated carbocycles.